The molecule has 1 aliphatic heterocycles. The first-order valence-corrected chi connectivity index (χ1v) is 13.6. The second-order valence-corrected chi connectivity index (χ2v) is 12.8. The second-order valence-electron chi connectivity index (χ2n) is 12.8. The smallest absolute Gasteiger partial charge is 0.407 e. The van der Waals surface area contributed by atoms with Crippen molar-refractivity contribution in [2.24, 2.45) is 11.8 Å². The van der Waals surface area contributed by atoms with E-state index in [0.29, 0.717) is 24.8 Å². The number of nitrogens with zero attached hydrogens (tertiary/aromatic N) is 1. The normalized spacial score (nSPS) is 24.8. The molecule has 0 spiro atoms. The summed E-state index contributed by atoms with van der Waals surface area (Å²) in [7, 11) is 0. The number of amides is 2. The van der Waals surface area contributed by atoms with E-state index in [-0.39, 0.29) is 17.5 Å². The van der Waals surface area contributed by atoms with Crippen LogP contribution in [-0.4, -0.2) is 64.4 Å². The number of β-amino-alcohol motifs (C(OH)–C–C–N with tert-alkyl or cyclic N) is 1. The van der Waals surface area contributed by atoms with Gasteiger partial charge in [-0.3, -0.25) is 9.69 Å². The summed E-state index contributed by atoms with van der Waals surface area (Å²) in [6.07, 6.45) is 4.70. The molecule has 2 aliphatic rings. The van der Waals surface area contributed by atoms with Crippen LogP contribution >= 0.6 is 0 Å². The van der Waals surface area contributed by atoms with Crippen molar-refractivity contribution in [2.75, 3.05) is 13.1 Å². The number of hydrogen-bond acceptors (Lipinski definition) is 5. The van der Waals surface area contributed by atoms with Crippen molar-refractivity contribution in [1.29, 1.82) is 0 Å². The van der Waals surface area contributed by atoms with E-state index in [0.717, 1.165) is 18.5 Å². The van der Waals surface area contributed by atoms with Crippen LogP contribution in [0.15, 0.2) is 30.3 Å². The lowest BCUT2D eigenvalue weighted by molar-refractivity contribution is -0.132. The molecule has 0 bridgehead atoms. The minimum absolute atomic E-state index is 0.0263. The summed E-state index contributed by atoms with van der Waals surface area (Å²) < 4.78 is 5.49. The maximum absolute atomic E-state index is 13.4. The number of benzene rings is 1. The van der Waals surface area contributed by atoms with Gasteiger partial charge < -0.3 is 20.5 Å². The number of carbonyl (C=O) groups is 2. The first kappa shape index (κ1) is 28.5. The zero-order valence-electron chi connectivity index (χ0n) is 23.0. The summed E-state index contributed by atoms with van der Waals surface area (Å²) in [5.74, 6) is 1.14. The molecule has 5 atom stereocenters. The van der Waals surface area contributed by atoms with Crippen LogP contribution in [0.1, 0.15) is 79.2 Å². The van der Waals surface area contributed by atoms with Crippen LogP contribution in [0.4, 0.5) is 4.79 Å². The van der Waals surface area contributed by atoms with Crippen LogP contribution < -0.4 is 10.6 Å². The molecule has 7 heteroatoms. The number of ether oxygens (including phenoxy) is 1. The molecule has 3 rings (SSSR count). The summed E-state index contributed by atoms with van der Waals surface area (Å²) in [5, 5.41) is 17.5. The second kappa shape index (κ2) is 12.0. The van der Waals surface area contributed by atoms with E-state index in [4.69, 9.17) is 4.74 Å². The number of alkyl carbamates (subject to hydrolysis) is 1. The molecule has 2 fully saturated rings. The quantitative estimate of drug-likeness (QED) is 0.519. The van der Waals surface area contributed by atoms with Gasteiger partial charge in [0.1, 0.15) is 5.60 Å². The Bertz CT molecular complexity index is 862. The number of carbonyl (C=O) groups excluding carboxylic acids is 2. The first-order chi connectivity index (χ1) is 16.8. The SMILES string of the molecule is CC(C)(C)NC(=O)[C@@H]1C[C@@H]2CCCC[C@@H]2CN1CC(O)[C@H](Cc1ccccc1)NC(=O)OC(C)(C)C. The monoisotopic (exact) mass is 501 g/mol. The minimum Gasteiger partial charge on any atom is -0.444 e. The number of aliphatic hydroxyl groups excluding tert-OH is 1. The molecule has 7 nitrogen and oxygen atoms in total. The van der Waals surface area contributed by atoms with Gasteiger partial charge >= 0.3 is 6.09 Å². The fourth-order valence-electron chi connectivity index (χ4n) is 5.60. The van der Waals surface area contributed by atoms with E-state index in [9.17, 15) is 14.7 Å². The molecule has 1 heterocycles. The van der Waals surface area contributed by atoms with Gasteiger partial charge in [-0.1, -0.05) is 49.6 Å². The third-order valence-electron chi connectivity index (χ3n) is 7.19. The molecule has 36 heavy (non-hydrogen) atoms. The van der Waals surface area contributed by atoms with Crippen molar-refractivity contribution in [3.8, 4) is 0 Å². The van der Waals surface area contributed by atoms with Crippen LogP contribution in [0, 0.1) is 11.8 Å². The minimum atomic E-state index is -0.859. The molecule has 1 saturated heterocycles. The lowest BCUT2D eigenvalue weighted by Gasteiger charge is -2.47. The van der Waals surface area contributed by atoms with Gasteiger partial charge in [0, 0.05) is 18.6 Å². The number of fused-ring (bicyclic) bond motifs is 1. The van der Waals surface area contributed by atoms with Crippen LogP contribution in [-0.2, 0) is 16.0 Å². The molecule has 1 unspecified atom stereocenters. The average Bonchev–Trinajstić information content (AvgIpc) is 2.76. The van der Waals surface area contributed by atoms with E-state index < -0.39 is 23.8 Å². The molecular weight excluding hydrogens is 454 g/mol. The van der Waals surface area contributed by atoms with Gasteiger partial charge in [0.15, 0.2) is 0 Å². The Labute approximate surface area is 217 Å². The van der Waals surface area contributed by atoms with Crippen LogP contribution in [0.5, 0.6) is 0 Å². The van der Waals surface area contributed by atoms with Gasteiger partial charge in [-0.15, -0.1) is 0 Å². The number of piperidine rings is 1. The molecule has 1 saturated carbocycles. The zero-order chi connectivity index (χ0) is 26.5. The third-order valence-corrected chi connectivity index (χ3v) is 7.19. The van der Waals surface area contributed by atoms with Crippen LogP contribution in [0.3, 0.4) is 0 Å². The Morgan fingerprint density at radius 2 is 1.69 bits per heavy atom. The van der Waals surface area contributed by atoms with Crippen LogP contribution in [0.25, 0.3) is 0 Å². The van der Waals surface area contributed by atoms with E-state index in [2.05, 4.69) is 15.5 Å². The zero-order valence-corrected chi connectivity index (χ0v) is 23.0. The molecule has 1 aromatic carbocycles. The highest BCUT2D eigenvalue weighted by atomic mass is 16.6. The van der Waals surface area contributed by atoms with Crippen molar-refractivity contribution in [2.45, 2.75) is 109 Å². The molecule has 3 N–H and O–H groups in total. The maximum Gasteiger partial charge on any atom is 0.407 e. The van der Waals surface area contributed by atoms with Crippen molar-refractivity contribution in [3.63, 3.8) is 0 Å². The third kappa shape index (κ3) is 8.77. The fourth-order valence-corrected chi connectivity index (χ4v) is 5.60. The van der Waals surface area contributed by atoms with Crippen LogP contribution in [0.2, 0.25) is 0 Å². The van der Waals surface area contributed by atoms with Crippen molar-refractivity contribution in [1.82, 2.24) is 15.5 Å². The number of hydrogen-bond donors (Lipinski definition) is 3. The Hall–Kier alpha value is -2.12. The molecule has 1 aromatic rings. The molecule has 2 amide bonds. The van der Waals surface area contributed by atoms with E-state index in [1.54, 1.807) is 0 Å². The Balaban J connectivity index is 1.78. The highest BCUT2D eigenvalue weighted by molar-refractivity contribution is 5.82. The predicted molar refractivity (Wildman–Crippen MR) is 143 cm³/mol. The van der Waals surface area contributed by atoms with Crippen molar-refractivity contribution in [3.05, 3.63) is 35.9 Å². The standard InChI is InChI=1S/C29H47N3O4/c1-28(2,3)31-26(34)24-17-21-14-10-11-15-22(21)18-32(24)19-25(33)23(16-20-12-8-7-9-13-20)30-27(35)36-29(4,5)6/h7-9,12-13,21-25,33H,10-11,14-19H2,1-6H3,(H,30,35)(H,31,34)/t21-,22+,23-,24-,25?/m0/s1. The first-order valence-electron chi connectivity index (χ1n) is 13.6. The fraction of sp³-hybridized carbons (Fsp3) is 0.724. The molecule has 0 radical (unpaired) electrons. The number of aliphatic hydroxyl groups is 1. The average molecular weight is 502 g/mol. The summed E-state index contributed by atoms with van der Waals surface area (Å²) in [5.41, 5.74) is 0.0650. The molecular formula is C29H47N3O4. The summed E-state index contributed by atoms with van der Waals surface area (Å²) in [6.45, 7) is 12.6. The highest BCUT2D eigenvalue weighted by Crippen LogP contribution is 2.39. The van der Waals surface area contributed by atoms with Gasteiger partial charge in [-0.05, 0) is 78.2 Å². The predicted octanol–water partition coefficient (Wildman–Crippen LogP) is 4.28. The highest BCUT2D eigenvalue weighted by Gasteiger charge is 2.41. The lowest BCUT2D eigenvalue weighted by Crippen LogP contribution is -2.60. The van der Waals surface area contributed by atoms with Crippen molar-refractivity contribution >= 4 is 12.0 Å². The van der Waals surface area contributed by atoms with E-state index in [1.165, 1.54) is 25.7 Å². The van der Waals surface area contributed by atoms with E-state index in [1.807, 2.05) is 71.9 Å². The van der Waals surface area contributed by atoms with Gasteiger partial charge in [-0.25, -0.2) is 4.79 Å². The molecule has 202 valence electrons. The summed E-state index contributed by atoms with van der Waals surface area (Å²) in [6, 6.07) is 9.01. The molecule has 1 aliphatic carbocycles. The largest absolute Gasteiger partial charge is 0.444 e. The lowest BCUT2D eigenvalue weighted by atomic mass is 9.72. The summed E-state index contributed by atoms with van der Waals surface area (Å²) in [4.78, 5) is 28.2. The maximum atomic E-state index is 13.4. The van der Waals surface area contributed by atoms with Gasteiger partial charge in [-0.2, -0.15) is 0 Å². The number of nitrogens with one attached hydrogen (secondary N) is 2. The van der Waals surface area contributed by atoms with Crippen molar-refractivity contribution < 1.29 is 19.4 Å². The van der Waals surface area contributed by atoms with Gasteiger partial charge in [0.25, 0.3) is 0 Å². The number of likely N-dealkylation sites (tertiary alicyclic amines) is 1. The number of rotatable bonds is 7. The van der Waals surface area contributed by atoms with Gasteiger partial charge in [0.05, 0.1) is 18.2 Å². The Kier molecular flexibility index (Phi) is 9.44. The van der Waals surface area contributed by atoms with Gasteiger partial charge in [0.2, 0.25) is 5.91 Å². The Morgan fingerprint density at radius 3 is 2.31 bits per heavy atom. The summed E-state index contributed by atoms with van der Waals surface area (Å²) >= 11 is 0. The Morgan fingerprint density at radius 1 is 1.06 bits per heavy atom. The van der Waals surface area contributed by atoms with E-state index >= 15 is 0 Å². The topological polar surface area (TPSA) is 90.9 Å². The molecule has 0 aromatic heterocycles.